The Balaban J connectivity index is 1.91. The average molecular weight is 284 g/mol. The topological polar surface area (TPSA) is 38.3 Å². The quantitative estimate of drug-likeness (QED) is 0.928. The minimum Gasteiger partial charge on any atom is -0.465 e. The summed E-state index contributed by atoms with van der Waals surface area (Å²) in [6, 6.07) is 7.95. The Morgan fingerprint density at radius 2 is 2.06 bits per heavy atom. The summed E-state index contributed by atoms with van der Waals surface area (Å²) in [4.78, 5) is 0. The van der Waals surface area contributed by atoms with E-state index in [1.54, 1.807) is 0 Å². The van der Waals surface area contributed by atoms with Crippen molar-refractivity contribution in [2.75, 3.05) is 0 Å². The first kappa shape index (κ1) is 11.5. The molecule has 1 N–H and O–H groups in total. The van der Waals surface area contributed by atoms with Gasteiger partial charge in [0.2, 0.25) is 0 Å². The van der Waals surface area contributed by atoms with Crippen LogP contribution >= 0.6 is 15.9 Å². The lowest BCUT2D eigenvalue weighted by molar-refractivity contribution is 0.394. The first-order chi connectivity index (χ1) is 7.65. The van der Waals surface area contributed by atoms with Gasteiger partial charge in [-0.05, 0) is 54.0 Å². The van der Waals surface area contributed by atoms with E-state index in [9.17, 15) is 0 Å². The van der Waals surface area contributed by atoms with Crippen molar-refractivity contribution in [3.63, 3.8) is 0 Å². The molecule has 2 heterocycles. The number of furan rings is 2. The number of nitrogens with one attached hydrogen (secondary N) is 1. The molecule has 16 heavy (non-hydrogen) atoms. The maximum absolute atomic E-state index is 5.47. The van der Waals surface area contributed by atoms with E-state index in [1.165, 1.54) is 0 Å². The summed E-state index contributed by atoms with van der Waals surface area (Å²) in [7, 11) is 0. The van der Waals surface area contributed by atoms with Crippen molar-refractivity contribution in [2.45, 2.75) is 26.4 Å². The molecule has 3 nitrogen and oxygen atoms in total. The first-order valence-electron chi connectivity index (χ1n) is 5.19. The number of hydrogen-bond donors (Lipinski definition) is 1. The molecule has 86 valence electrons. The van der Waals surface area contributed by atoms with Crippen LogP contribution in [-0.2, 0) is 6.54 Å². The zero-order valence-electron chi connectivity index (χ0n) is 9.29. The van der Waals surface area contributed by atoms with Gasteiger partial charge in [0.15, 0.2) is 4.67 Å². The largest absolute Gasteiger partial charge is 0.465 e. The Hall–Kier alpha value is -1.00. The fourth-order valence-electron chi connectivity index (χ4n) is 1.50. The van der Waals surface area contributed by atoms with Crippen molar-refractivity contribution in [1.82, 2.24) is 5.32 Å². The normalized spacial score (nSPS) is 12.9. The molecule has 1 atom stereocenters. The van der Waals surface area contributed by atoms with Crippen LogP contribution in [-0.4, -0.2) is 0 Å². The lowest BCUT2D eigenvalue weighted by Gasteiger charge is -2.09. The second kappa shape index (κ2) is 4.89. The predicted molar refractivity (Wildman–Crippen MR) is 65.1 cm³/mol. The van der Waals surface area contributed by atoms with Gasteiger partial charge >= 0.3 is 0 Å². The fraction of sp³-hybridized carbons (Fsp3) is 0.333. The maximum atomic E-state index is 5.47. The van der Waals surface area contributed by atoms with Gasteiger partial charge in [0.25, 0.3) is 0 Å². The van der Waals surface area contributed by atoms with E-state index in [2.05, 4.69) is 28.2 Å². The summed E-state index contributed by atoms with van der Waals surface area (Å²) in [5.41, 5.74) is 0. The third-order valence-electron chi connectivity index (χ3n) is 2.40. The highest BCUT2D eigenvalue weighted by molar-refractivity contribution is 9.10. The predicted octanol–water partition coefficient (Wildman–Crippen LogP) is 3.79. The summed E-state index contributed by atoms with van der Waals surface area (Å²) in [5.74, 6) is 2.79. The summed E-state index contributed by atoms with van der Waals surface area (Å²) in [5, 5.41) is 3.33. The van der Waals surface area contributed by atoms with Crippen LogP contribution in [0.4, 0.5) is 0 Å². The van der Waals surface area contributed by atoms with Gasteiger partial charge in [0.05, 0.1) is 12.6 Å². The molecule has 2 aromatic heterocycles. The van der Waals surface area contributed by atoms with Crippen molar-refractivity contribution >= 4 is 15.9 Å². The van der Waals surface area contributed by atoms with Gasteiger partial charge in [-0.3, -0.25) is 0 Å². The molecule has 0 bridgehead atoms. The Morgan fingerprint density at radius 3 is 2.62 bits per heavy atom. The zero-order valence-corrected chi connectivity index (χ0v) is 10.9. The van der Waals surface area contributed by atoms with Gasteiger partial charge in [0, 0.05) is 0 Å². The highest BCUT2D eigenvalue weighted by atomic mass is 79.9. The number of halogens is 1. The van der Waals surface area contributed by atoms with Crippen LogP contribution in [0.25, 0.3) is 0 Å². The minimum absolute atomic E-state index is 0.164. The maximum Gasteiger partial charge on any atom is 0.169 e. The molecule has 2 aromatic rings. The second-order valence-corrected chi connectivity index (χ2v) is 4.54. The van der Waals surface area contributed by atoms with Gasteiger partial charge in [-0.1, -0.05) is 0 Å². The van der Waals surface area contributed by atoms with E-state index < -0.39 is 0 Å². The van der Waals surface area contributed by atoms with E-state index in [4.69, 9.17) is 8.83 Å². The number of rotatable bonds is 4. The molecule has 0 aromatic carbocycles. The number of aryl methyl sites for hydroxylation is 1. The summed E-state index contributed by atoms with van der Waals surface area (Å²) in [6.45, 7) is 4.70. The third-order valence-corrected chi connectivity index (χ3v) is 2.83. The van der Waals surface area contributed by atoms with Crippen molar-refractivity contribution in [3.05, 3.63) is 46.2 Å². The van der Waals surface area contributed by atoms with Crippen LogP contribution in [0.3, 0.4) is 0 Å². The highest BCUT2D eigenvalue weighted by Gasteiger charge is 2.09. The molecule has 0 aliphatic heterocycles. The third kappa shape index (κ3) is 2.77. The van der Waals surface area contributed by atoms with E-state index >= 15 is 0 Å². The van der Waals surface area contributed by atoms with Gasteiger partial charge in [-0.15, -0.1) is 0 Å². The van der Waals surface area contributed by atoms with E-state index in [1.807, 2.05) is 31.2 Å². The molecular formula is C12H14BrNO2. The molecule has 0 amide bonds. The molecule has 0 fully saturated rings. The molecule has 4 heteroatoms. The minimum atomic E-state index is 0.164. The second-order valence-electron chi connectivity index (χ2n) is 3.76. The first-order valence-corrected chi connectivity index (χ1v) is 5.98. The van der Waals surface area contributed by atoms with E-state index in [0.717, 1.165) is 22.0 Å². The molecule has 0 saturated heterocycles. The molecule has 0 aliphatic carbocycles. The molecule has 1 unspecified atom stereocenters. The average Bonchev–Trinajstić information content (AvgIpc) is 2.84. The van der Waals surface area contributed by atoms with Crippen molar-refractivity contribution in [3.8, 4) is 0 Å². The molecule has 2 rings (SSSR count). The van der Waals surface area contributed by atoms with Crippen LogP contribution < -0.4 is 5.32 Å². The van der Waals surface area contributed by atoms with Crippen molar-refractivity contribution in [1.29, 1.82) is 0 Å². The van der Waals surface area contributed by atoms with Crippen LogP contribution in [0.15, 0.2) is 37.8 Å². The molecule has 0 radical (unpaired) electrons. The van der Waals surface area contributed by atoms with Crippen LogP contribution in [0.5, 0.6) is 0 Å². The van der Waals surface area contributed by atoms with Crippen LogP contribution in [0, 0.1) is 6.92 Å². The summed E-state index contributed by atoms with van der Waals surface area (Å²) >= 11 is 3.29. The van der Waals surface area contributed by atoms with Gasteiger partial charge in [0.1, 0.15) is 17.3 Å². The summed E-state index contributed by atoms with van der Waals surface area (Å²) in [6.07, 6.45) is 0. The molecule has 0 saturated carbocycles. The Bertz CT molecular complexity index is 461. The smallest absolute Gasteiger partial charge is 0.169 e. The van der Waals surface area contributed by atoms with Crippen molar-refractivity contribution < 1.29 is 8.83 Å². The molecular weight excluding hydrogens is 270 g/mol. The lowest BCUT2D eigenvalue weighted by atomic mass is 10.2. The Kier molecular flexibility index (Phi) is 3.51. The fourth-order valence-corrected chi connectivity index (χ4v) is 1.81. The monoisotopic (exact) mass is 283 g/mol. The summed E-state index contributed by atoms with van der Waals surface area (Å²) < 4.78 is 11.7. The molecule has 0 spiro atoms. The van der Waals surface area contributed by atoms with Gasteiger partial charge < -0.3 is 14.2 Å². The zero-order chi connectivity index (χ0) is 11.5. The standard InChI is InChI=1S/C12H14BrNO2/c1-8-3-4-10(15-8)7-14-9(2)11-5-6-12(13)16-11/h3-6,9,14H,7H2,1-2H3. The van der Waals surface area contributed by atoms with Crippen LogP contribution in [0.1, 0.15) is 30.2 Å². The van der Waals surface area contributed by atoms with E-state index in [0.29, 0.717) is 6.54 Å². The number of hydrogen-bond acceptors (Lipinski definition) is 3. The lowest BCUT2D eigenvalue weighted by Crippen LogP contribution is -2.17. The van der Waals surface area contributed by atoms with Gasteiger partial charge in [-0.25, -0.2) is 0 Å². The Morgan fingerprint density at radius 1 is 1.25 bits per heavy atom. The van der Waals surface area contributed by atoms with Gasteiger partial charge in [-0.2, -0.15) is 0 Å². The Labute approximate surface area is 103 Å². The van der Waals surface area contributed by atoms with Crippen LogP contribution in [0.2, 0.25) is 0 Å². The SMILES string of the molecule is Cc1ccc(CNC(C)c2ccc(Br)o2)o1. The van der Waals surface area contributed by atoms with Crippen molar-refractivity contribution in [2.24, 2.45) is 0 Å². The van der Waals surface area contributed by atoms with E-state index in [-0.39, 0.29) is 6.04 Å². The highest BCUT2D eigenvalue weighted by Crippen LogP contribution is 2.20. The molecule has 0 aliphatic rings.